The molecule has 11 rings (SSSR count). The van der Waals surface area contributed by atoms with Crippen LogP contribution in [0.2, 0.25) is 0 Å². The Bertz CT molecular complexity index is 2720. The lowest BCUT2D eigenvalue weighted by molar-refractivity contribution is 0.223. The molecule has 0 spiro atoms. The molecular weight excluding hydrogens is 619 g/mol. The molecule has 2 heteroatoms. The van der Waals surface area contributed by atoms with E-state index in [-0.39, 0.29) is 12.0 Å². The Morgan fingerprint density at radius 1 is 0.490 bits per heavy atom. The molecule has 0 saturated heterocycles. The van der Waals surface area contributed by atoms with E-state index in [2.05, 4.69) is 181 Å². The van der Waals surface area contributed by atoms with Gasteiger partial charge in [0.15, 0.2) is 0 Å². The predicted molar refractivity (Wildman–Crippen MR) is 210 cm³/mol. The molecule has 2 atom stereocenters. The largest absolute Gasteiger partial charge is 0.484 e. The van der Waals surface area contributed by atoms with E-state index in [4.69, 9.17) is 4.74 Å². The van der Waals surface area contributed by atoms with Crippen molar-refractivity contribution in [1.29, 1.82) is 0 Å². The van der Waals surface area contributed by atoms with Crippen molar-refractivity contribution in [3.8, 4) is 16.9 Å². The fraction of sp³-hybridized carbons (Fsp3) is 0.0612. The Morgan fingerprint density at radius 2 is 1.18 bits per heavy atom. The second-order valence-corrected chi connectivity index (χ2v) is 14.0. The molecule has 2 unspecified atom stereocenters. The van der Waals surface area contributed by atoms with E-state index in [1.807, 2.05) is 0 Å². The van der Waals surface area contributed by atoms with Crippen molar-refractivity contribution in [2.75, 3.05) is 4.90 Å². The quantitative estimate of drug-likeness (QED) is 0.176. The van der Waals surface area contributed by atoms with Crippen molar-refractivity contribution in [3.05, 3.63) is 209 Å². The average Bonchev–Trinajstić information content (AvgIpc) is 3.76. The van der Waals surface area contributed by atoms with Gasteiger partial charge in [0.1, 0.15) is 11.9 Å². The van der Waals surface area contributed by atoms with E-state index in [9.17, 15) is 0 Å². The van der Waals surface area contributed by atoms with Gasteiger partial charge in [-0.15, -0.1) is 0 Å². The second kappa shape index (κ2) is 11.1. The smallest absolute Gasteiger partial charge is 0.135 e. The summed E-state index contributed by atoms with van der Waals surface area (Å²) in [5.74, 6) is 1.05. The minimum Gasteiger partial charge on any atom is -0.484 e. The van der Waals surface area contributed by atoms with Crippen LogP contribution >= 0.6 is 0 Å². The average molecular weight is 652 g/mol. The first kappa shape index (κ1) is 28.5. The van der Waals surface area contributed by atoms with Gasteiger partial charge in [0.2, 0.25) is 0 Å². The van der Waals surface area contributed by atoms with Crippen LogP contribution in [0.3, 0.4) is 0 Å². The van der Waals surface area contributed by atoms with Crippen LogP contribution in [-0.2, 0) is 6.42 Å². The molecule has 0 radical (unpaired) electrons. The summed E-state index contributed by atoms with van der Waals surface area (Å²) in [5.41, 5.74) is 15.1. The maximum Gasteiger partial charge on any atom is 0.135 e. The minimum atomic E-state index is -0.0626. The number of ether oxygens (including phenoxy) is 1. The molecular formula is C49H33NO. The third-order valence-corrected chi connectivity index (χ3v) is 11.2. The SMILES string of the molecule is C1=C(c2ccccc2)c2ccccc2C2Oc3ccc(N(c4ccc5c(c4)Cc4ccccc4-5)c4cc5ccccc5c5ccccc45)cc3C12. The first-order chi connectivity index (χ1) is 25.3. The van der Waals surface area contributed by atoms with Gasteiger partial charge in [0.25, 0.3) is 0 Å². The zero-order valence-corrected chi connectivity index (χ0v) is 28.0. The van der Waals surface area contributed by atoms with E-state index in [1.54, 1.807) is 0 Å². The highest BCUT2D eigenvalue weighted by atomic mass is 16.5. The normalized spacial score (nSPS) is 16.4. The van der Waals surface area contributed by atoms with Crippen LogP contribution in [0.4, 0.5) is 17.1 Å². The summed E-state index contributed by atoms with van der Waals surface area (Å²) in [6.45, 7) is 0. The maximum atomic E-state index is 6.83. The number of rotatable bonds is 4. The monoisotopic (exact) mass is 651 g/mol. The van der Waals surface area contributed by atoms with Crippen molar-refractivity contribution in [3.63, 3.8) is 0 Å². The van der Waals surface area contributed by atoms with Crippen LogP contribution in [0, 0.1) is 0 Å². The molecule has 1 heterocycles. The Kier molecular flexibility index (Phi) is 6.17. The molecule has 51 heavy (non-hydrogen) atoms. The lowest BCUT2D eigenvalue weighted by atomic mass is 9.78. The van der Waals surface area contributed by atoms with Gasteiger partial charge in [0.05, 0.1) is 5.69 Å². The summed E-state index contributed by atoms with van der Waals surface area (Å²) < 4.78 is 6.83. The number of fused-ring (bicyclic) bond motifs is 11. The molecule has 0 fully saturated rings. The second-order valence-electron chi connectivity index (χ2n) is 14.0. The van der Waals surface area contributed by atoms with Crippen LogP contribution in [0.1, 0.15) is 45.4 Å². The first-order valence-corrected chi connectivity index (χ1v) is 17.9. The molecule has 1 aliphatic heterocycles. The van der Waals surface area contributed by atoms with E-state index in [0.29, 0.717) is 0 Å². The Hall–Kier alpha value is -6.38. The molecule has 0 bridgehead atoms. The van der Waals surface area contributed by atoms with Gasteiger partial charge < -0.3 is 9.64 Å². The molecule has 2 nitrogen and oxygen atoms in total. The molecule has 8 aromatic rings. The zero-order chi connectivity index (χ0) is 33.5. The van der Waals surface area contributed by atoms with E-state index in [1.165, 1.54) is 77.3 Å². The van der Waals surface area contributed by atoms with Gasteiger partial charge in [-0.3, -0.25) is 0 Å². The lowest BCUT2D eigenvalue weighted by Crippen LogP contribution is -2.16. The third kappa shape index (κ3) is 4.36. The molecule has 0 aromatic heterocycles. The molecule has 2 aliphatic carbocycles. The molecule has 3 aliphatic rings. The summed E-state index contributed by atoms with van der Waals surface area (Å²) in [5, 5.41) is 4.99. The van der Waals surface area contributed by atoms with Gasteiger partial charge in [-0.05, 0) is 97.9 Å². The van der Waals surface area contributed by atoms with E-state index < -0.39 is 0 Å². The summed E-state index contributed by atoms with van der Waals surface area (Å²) in [6.07, 6.45) is 3.33. The molecule has 0 amide bonds. The van der Waals surface area contributed by atoms with Crippen LogP contribution in [-0.4, -0.2) is 0 Å². The van der Waals surface area contributed by atoms with Gasteiger partial charge in [0, 0.05) is 33.8 Å². The Morgan fingerprint density at radius 3 is 2.08 bits per heavy atom. The van der Waals surface area contributed by atoms with E-state index >= 15 is 0 Å². The van der Waals surface area contributed by atoms with Crippen LogP contribution in [0.15, 0.2) is 176 Å². The number of anilines is 3. The highest BCUT2D eigenvalue weighted by Crippen LogP contribution is 2.55. The maximum absolute atomic E-state index is 6.83. The van der Waals surface area contributed by atoms with Gasteiger partial charge >= 0.3 is 0 Å². The van der Waals surface area contributed by atoms with Crippen molar-refractivity contribution < 1.29 is 4.74 Å². The minimum absolute atomic E-state index is 0.0626. The standard InChI is InChI=1S/C49H33NO/c1-2-12-31(13-3-1)44-30-46-45-29-36(23-25-48(45)51-49(46)43-21-11-9-19-41(43)44)50(35-22-24-39-34(27-35)26-32-14-4-6-16-37(32)39)47-28-33-15-5-7-17-38(33)40-18-8-10-20-42(40)47/h1-25,27-30,46,49H,26H2. The number of hydrogen-bond donors (Lipinski definition) is 0. The Labute approximate surface area is 297 Å². The van der Waals surface area contributed by atoms with Crippen LogP contribution < -0.4 is 9.64 Å². The predicted octanol–water partition coefficient (Wildman–Crippen LogP) is 12.7. The van der Waals surface area contributed by atoms with Crippen molar-refractivity contribution >= 4 is 44.2 Å². The van der Waals surface area contributed by atoms with Crippen LogP contribution in [0.25, 0.3) is 38.2 Å². The van der Waals surface area contributed by atoms with E-state index in [0.717, 1.165) is 23.5 Å². The third-order valence-electron chi connectivity index (χ3n) is 11.2. The topological polar surface area (TPSA) is 12.5 Å². The zero-order valence-electron chi connectivity index (χ0n) is 28.0. The summed E-state index contributed by atoms with van der Waals surface area (Å²) in [6, 6.07) is 62.2. The Balaban J connectivity index is 1.12. The first-order valence-electron chi connectivity index (χ1n) is 17.9. The van der Waals surface area contributed by atoms with Gasteiger partial charge in [-0.2, -0.15) is 0 Å². The lowest BCUT2D eigenvalue weighted by Gasteiger charge is -2.29. The molecule has 0 saturated carbocycles. The molecule has 0 N–H and O–H groups in total. The summed E-state index contributed by atoms with van der Waals surface area (Å²) in [4.78, 5) is 2.48. The summed E-state index contributed by atoms with van der Waals surface area (Å²) in [7, 11) is 0. The van der Waals surface area contributed by atoms with Crippen molar-refractivity contribution in [1.82, 2.24) is 0 Å². The van der Waals surface area contributed by atoms with Gasteiger partial charge in [-0.1, -0.05) is 140 Å². The van der Waals surface area contributed by atoms with Gasteiger partial charge in [-0.25, -0.2) is 0 Å². The summed E-state index contributed by atoms with van der Waals surface area (Å²) >= 11 is 0. The highest BCUT2D eigenvalue weighted by molar-refractivity contribution is 6.14. The van der Waals surface area contributed by atoms with Crippen molar-refractivity contribution in [2.45, 2.75) is 18.4 Å². The fourth-order valence-corrected chi connectivity index (χ4v) is 8.90. The molecule has 8 aromatic carbocycles. The molecule has 240 valence electrons. The number of benzene rings is 8. The van der Waals surface area contributed by atoms with Crippen LogP contribution in [0.5, 0.6) is 5.75 Å². The number of nitrogens with zero attached hydrogens (tertiary/aromatic N) is 1. The number of hydrogen-bond acceptors (Lipinski definition) is 2. The highest BCUT2D eigenvalue weighted by Gasteiger charge is 2.39. The van der Waals surface area contributed by atoms with Crippen molar-refractivity contribution in [2.24, 2.45) is 0 Å². The fourth-order valence-electron chi connectivity index (χ4n) is 8.90.